The molecule has 0 aromatic rings. The van der Waals surface area contributed by atoms with Crippen LogP contribution in [0, 0.1) is 69.0 Å². The summed E-state index contributed by atoms with van der Waals surface area (Å²) in [5.74, 6) is 6.45. The summed E-state index contributed by atoms with van der Waals surface area (Å²) in [6, 6.07) is 0. The quantitative estimate of drug-likeness (QED) is 0.306. The minimum atomic E-state index is -3.99. The first kappa shape index (κ1) is 32.1. The molecule has 0 radical (unpaired) electrons. The summed E-state index contributed by atoms with van der Waals surface area (Å²) >= 11 is 0. The first-order valence-corrected chi connectivity index (χ1v) is 21.4. The van der Waals surface area contributed by atoms with E-state index in [0.29, 0.717) is 33.5 Å². The van der Waals surface area contributed by atoms with Crippen molar-refractivity contribution < 1.29 is 16.8 Å². The highest BCUT2D eigenvalue weighted by Crippen LogP contribution is 2.67. The molecule has 8 aliphatic rings. The third-order valence-electron chi connectivity index (χ3n) is 17.8. The number of fused-ring (bicyclic) bond motifs is 10. The third kappa shape index (κ3) is 5.35. The van der Waals surface area contributed by atoms with Gasteiger partial charge in [0.25, 0.3) is 0 Å². The Kier molecular flexibility index (Phi) is 8.18. The fourth-order valence-electron chi connectivity index (χ4n) is 15.3. The van der Waals surface area contributed by atoms with Crippen LogP contribution in [0.2, 0.25) is 0 Å². The Morgan fingerprint density at radius 1 is 0.467 bits per heavy atom. The highest BCUT2D eigenvalue weighted by molar-refractivity contribution is 7.81. The Morgan fingerprint density at radius 2 is 0.911 bits per heavy atom. The van der Waals surface area contributed by atoms with Crippen LogP contribution in [0.1, 0.15) is 169 Å². The van der Waals surface area contributed by atoms with Crippen LogP contribution in [0.5, 0.6) is 0 Å². The van der Waals surface area contributed by atoms with Crippen LogP contribution < -0.4 is 0 Å². The summed E-state index contributed by atoms with van der Waals surface area (Å²) < 4.78 is 38.8. The molecule has 0 N–H and O–H groups in total. The molecular weight excluding hydrogens is 577 g/mol. The Bertz CT molecular complexity index is 1130. The molecule has 14 atom stereocenters. The van der Waals surface area contributed by atoms with E-state index >= 15 is 0 Å². The van der Waals surface area contributed by atoms with Gasteiger partial charge in [0.05, 0.1) is 12.2 Å². The van der Waals surface area contributed by atoms with Crippen LogP contribution in [-0.4, -0.2) is 20.6 Å². The van der Waals surface area contributed by atoms with Gasteiger partial charge in [-0.2, -0.15) is 8.42 Å². The molecule has 0 amide bonds. The van der Waals surface area contributed by atoms with Gasteiger partial charge in [-0.15, -0.1) is 0 Å². The molecule has 0 heterocycles. The smallest absolute Gasteiger partial charge is 0.245 e. The van der Waals surface area contributed by atoms with Crippen molar-refractivity contribution in [2.24, 2.45) is 69.0 Å². The maximum atomic E-state index is 13.4. The summed E-state index contributed by atoms with van der Waals surface area (Å²) in [6.07, 6.45) is 27.7. The van der Waals surface area contributed by atoms with Gasteiger partial charge in [-0.05, 0) is 185 Å². The number of hydrogen-bond donors (Lipinski definition) is 0. The molecule has 0 saturated heterocycles. The Balaban J connectivity index is 0.874. The van der Waals surface area contributed by atoms with Gasteiger partial charge in [0.2, 0.25) is 0 Å². The van der Waals surface area contributed by atoms with Crippen LogP contribution in [0.4, 0.5) is 0 Å². The SMILES string of the molecule is C[C@@]12CCCCC1[C@@H]1CC[C@@H]3C[C@H](OS(=O)(=O)O[C@@H]4CC[C@@]5(C)[C@H](CC[C@H]6C7CCCC[C@@]7(C)CC[C@@H]65)C4)CC[C@]3(C)[C@H]1CC2. The largest absolute Gasteiger partial charge is 0.400 e. The minimum Gasteiger partial charge on any atom is -0.245 e. The molecular formula is C40H66O4S. The van der Waals surface area contributed by atoms with Crippen molar-refractivity contribution in [3.63, 3.8) is 0 Å². The van der Waals surface area contributed by atoms with Gasteiger partial charge in [0.15, 0.2) is 0 Å². The van der Waals surface area contributed by atoms with Gasteiger partial charge in [-0.3, -0.25) is 0 Å². The lowest BCUT2D eigenvalue weighted by Gasteiger charge is -2.62. The average Bonchev–Trinajstić information content (AvgIpc) is 3.00. The Hall–Kier alpha value is -0.130. The zero-order chi connectivity index (χ0) is 31.2. The molecule has 8 fully saturated rings. The van der Waals surface area contributed by atoms with Gasteiger partial charge in [-0.25, -0.2) is 8.37 Å². The lowest BCUT2D eigenvalue weighted by Crippen LogP contribution is -2.55. The minimum absolute atomic E-state index is 0.204. The number of hydrogen-bond acceptors (Lipinski definition) is 4. The van der Waals surface area contributed by atoms with Gasteiger partial charge >= 0.3 is 10.4 Å². The molecule has 0 aliphatic heterocycles. The molecule has 0 aromatic carbocycles. The van der Waals surface area contributed by atoms with Gasteiger partial charge < -0.3 is 0 Å². The zero-order valence-corrected chi connectivity index (χ0v) is 30.2. The summed E-state index contributed by atoms with van der Waals surface area (Å²) in [5, 5.41) is 0. The van der Waals surface area contributed by atoms with E-state index in [1.807, 2.05) is 0 Å². The summed E-state index contributed by atoms with van der Waals surface area (Å²) in [7, 11) is -3.99. The van der Waals surface area contributed by atoms with E-state index in [1.165, 1.54) is 103 Å². The van der Waals surface area contributed by atoms with E-state index in [4.69, 9.17) is 8.37 Å². The maximum Gasteiger partial charge on any atom is 0.400 e. The van der Waals surface area contributed by atoms with Crippen molar-refractivity contribution in [2.75, 3.05) is 0 Å². The van der Waals surface area contributed by atoms with E-state index < -0.39 is 10.4 Å². The molecule has 0 aromatic heterocycles. The van der Waals surface area contributed by atoms with E-state index in [1.54, 1.807) is 0 Å². The maximum absolute atomic E-state index is 13.4. The first-order chi connectivity index (χ1) is 21.4. The molecule has 8 rings (SSSR count). The second-order valence-corrected chi connectivity index (χ2v) is 20.8. The van der Waals surface area contributed by atoms with Gasteiger partial charge in [-0.1, -0.05) is 53.4 Å². The topological polar surface area (TPSA) is 52.6 Å². The molecule has 0 spiro atoms. The van der Waals surface area contributed by atoms with E-state index in [0.717, 1.165) is 74.0 Å². The fraction of sp³-hybridized carbons (Fsp3) is 1.00. The highest BCUT2D eigenvalue weighted by atomic mass is 32.3. The highest BCUT2D eigenvalue weighted by Gasteiger charge is 2.59. The second kappa shape index (κ2) is 11.5. The van der Waals surface area contributed by atoms with Gasteiger partial charge in [0, 0.05) is 0 Å². The molecule has 2 unspecified atom stereocenters. The molecule has 0 bridgehead atoms. The second-order valence-electron chi connectivity index (χ2n) is 19.6. The van der Waals surface area contributed by atoms with Crippen LogP contribution in [0.25, 0.3) is 0 Å². The summed E-state index contributed by atoms with van der Waals surface area (Å²) in [4.78, 5) is 0. The van der Waals surface area contributed by atoms with Crippen molar-refractivity contribution in [1.29, 1.82) is 0 Å². The standard InChI is InChI=1S/C40H66O4S/c1-37-19-7-5-9-33(37)31-13-11-27-25-29(15-23-39(27,3)35(31)17-21-37)43-45(41,42)44-30-16-24-40(4)28(26-30)12-14-32-34-10-6-8-20-38(34,2)22-18-36(32)40/h27-36H,5-26H2,1-4H3/t27-,28-,29-,30-,31+,32+,33?,34?,35+,36+,37+,38+,39+,40+/m1/s1. The third-order valence-corrected chi connectivity index (χ3v) is 18.8. The summed E-state index contributed by atoms with van der Waals surface area (Å²) in [5.41, 5.74) is 1.87. The lowest BCUT2D eigenvalue weighted by atomic mass is 9.43. The lowest BCUT2D eigenvalue weighted by molar-refractivity contribution is -0.138. The molecule has 8 aliphatic carbocycles. The Labute approximate surface area is 276 Å². The van der Waals surface area contributed by atoms with Crippen molar-refractivity contribution in [3.05, 3.63) is 0 Å². The summed E-state index contributed by atoms with van der Waals surface area (Å²) in [6.45, 7) is 10.4. The molecule has 5 heteroatoms. The van der Waals surface area contributed by atoms with E-state index in [2.05, 4.69) is 27.7 Å². The molecule has 256 valence electrons. The van der Waals surface area contributed by atoms with E-state index in [-0.39, 0.29) is 12.2 Å². The van der Waals surface area contributed by atoms with Crippen molar-refractivity contribution >= 4 is 10.4 Å². The predicted molar refractivity (Wildman–Crippen MR) is 181 cm³/mol. The van der Waals surface area contributed by atoms with E-state index in [9.17, 15) is 8.42 Å². The molecule has 8 saturated carbocycles. The van der Waals surface area contributed by atoms with Crippen LogP contribution in [0.3, 0.4) is 0 Å². The predicted octanol–water partition coefficient (Wildman–Crippen LogP) is 10.6. The molecule has 4 nitrogen and oxygen atoms in total. The Morgan fingerprint density at radius 3 is 1.36 bits per heavy atom. The van der Waals surface area contributed by atoms with Crippen LogP contribution in [0.15, 0.2) is 0 Å². The number of rotatable bonds is 4. The van der Waals surface area contributed by atoms with Crippen molar-refractivity contribution in [1.82, 2.24) is 0 Å². The first-order valence-electron chi connectivity index (χ1n) is 20.0. The van der Waals surface area contributed by atoms with Gasteiger partial charge in [0.1, 0.15) is 0 Å². The van der Waals surface area contributed by atoms with Crippen LogP contribution in [-0.2, 0) is 18.8 Å². The zero-order valence-electron chi connectivity index (χ0n) is 29.4. The van der Waals surface area contributed by atoms with Crippen molar-refractivity contribution in [3.8, 4) is 0 Å². The van der Waals surface area contributed by atoms with Crippen molar-refractivity contribution in [2.45, 2.75) is 181 Å². The molecule has 45 heavy (non-hydrogen) atoms. The fourth-order valence-corrected chi connectivity index (χ4v) is 16.4. The monoisotopic (exact) mass is 642 g/mol. The average molecular weight is 643 g/mol. The van der Waals surface area contributed by atoms with Crippen LogP contribution >= 0.6 is 0 Å². The normalized spacial score (nSPS) is 54.8.